The Bertz CT molecular complexity index is 812. The molecule has 2 aliphatic rings. The van der Waals surface area contributed by atoms with Crippen LogP contribution in [0, 0.1) is 10.8 Å². The Balaban J connectivity index is 1.93. The zero-order valence-corrected chi connectivity index (χ0v) is 16.3. The largest absolute Gasteiger partial charge is 0.465 e. The lowest BCUT2D eigenvalue weighted by molar-refractivity contribution is 0.0696. The summed E-state index contributed by atoms with van der Waals surface area (Å²) >= 11 is 1.70. The summed E-state index contributed by atoms with van der Waals surface area (Å²) in [5.74, 6) is 0. The predicted octanol–water partition coefficient (Wildman–Crippen LogP) is 5.76. The summed E-state index contributed by atoms with van der Waals surface area (Å²) in [7, 11) is 0. The number of nitrogens with one attached hydrogen (secondary N) is 1. The second-order valence-electron chi connectivity index (χ2n) is 8.82. The minimum absolute atomic E-state index is 0.106. The Labute approximate surface area is 158 Å². The number of benzene rings is 1. The maximum Gasteiger partial charge on any atom is 0.407 e. The molecule has 5 heteroatoms. The van der Waals surface area contributed by atoms with Crippen LogP contribution in [0.15, 0.2) is 41.1 Å². The minimum Gasteiger partial charge on any atom is -0.465 e. The standard InChI is InChI=1S/C21H26N2O2S/c1-20(2,3)13-21-9-10-23(19(24)25)18(21)15-6-4-5-7-16(15)22-17(21)14-8-11-26-12-14/h4-8,11-12,17-18,22H,9-10,13H2,1-3H3,(H,24,25)/t17-,18-,21-/m0/s1. The van der Waals surface area contributed by atoms with Crippen LogP contribution in [0.4, 0.5) is 10.5 Å². The third kappa shape index (κ3) is 2.69. The van der Waals surface area contributed by atoms with E-state index < -0.39 is 6.09 Å². The summed E-state index contributed by atoms with van der Waals surface area (Å²) in [6.07, 6.45) is 1.03. The first-order valence-corrected chi connectivity index (χ1v) is 10.1. The fraction of sp³-hybridized carbons (Fsp3) is 0.476. The lowest BCUT2D eigenvalue weighted by Crippen LogP contribution is -2.46. The monoisotopic (exact) mass is 370 g/mol. The first kappa shape index (κ1) is 17.4. The molecular formula is C21H26N2O2S. The fourth-order valence-corrected chi connectivity index (χ4v) is 5.87. The van der Waals surface area contributed by atoms with Crippen LogP contribution in [0.1, 0.15) is 56.8 Å². The average Bonchev–Trinajstić information content (AvgIpc) is 3.20. The number of fused-ring (bicyclic) bond motifs is 3. The Morgan fingerprint density at radius 2 is 2.12 bits per heavy atom. The number of nitrogens with zero attached hydrogens (tertiary/aromatic N) is 1. The van der Waals surface area contributed by atoms with Crippen molar-refractivity contribution < 1.29 is 9.90 Å². The van der Waals surface area contributed by atoms with Gasteiger partial charge in [0.05, 0.1) is 12.1 Å². The van der Waals surface area contributed by atoms with Gasteiger partial charge in [0.15, 0.2) is 0 Å². The first-order chi connectivity index (χ1) is 12.3. The van der Waals surface area contributed by atoms with Gasteiger partial charge in [0.25, 0.3) is 0 Å². The van der Waals surface area contributed by atoms with E-state index in [-0.39, 0.29) is 22.9 Å². The predicted molar refractivity (Wildman–Crippen MR) is 106 cm³/mol. The van der Waals surface area contributed by atoms with Gasteiger partial charge in [-0.05, 0) is 52.3 Å². The number of carbonyl (C=O) groups is 1. The van der Waals surface area contributed by atoms with Crippen molar-refractivity contribution in [2.24, 2.45) is 10.8 Å². The molecule has 4 nitrogen and oxygen atoms in total. The number of anilines is 1. The molecule has 3 atom stereocenters. The Morgan fingerprint density at radius 1 is 1.35 bits per heavy atom. The molecule has 0 unspecified atom stereocenters. The van der Waals surface area contributed by atoms with E-state index >= 15 is 0 Å². The van der Waals surface area contributed by atoms with Gasteiger partial charge in [-0.1, -0.05) is 39.0 Å². The first-order valence-electron chi connectivity index (χ1n) is 9.19. The zero-order valence-electron chi connectivity index (χ0n) is 15.5. The highest BCUT2D eigenvalue weighted by molar-refractivity contribution is 7.08. The summed E-state index contributed by atoms with van der Waals surface area (Å²) in [5, 5.41) is 18.0. The molecule has 2 aromatic rings. The third-order valence-corrected chi connectivity index (χ3v) is 6.49. The summed E-state index contributed by atoms with van der Waals surface area (Å²) in [6, 6.07) is 10.4. The second-order valence-corrected chi connectivity index (χ2v) is 9.60. The van der Waals surface area contributed by atoms with Crippen LogP contribution in [0.2, 0.25) is 0 Å². The molecule has 2 N–H and O–H groups in total. The van der Waals surface area contributed by atoms with Crippen molar-refractivity contribution in [1.82, 2.24) is 4.90 Å². The van der Waals surface area contributed by atoms with E-state index in [1.807, 2.05) is 12.1 Å². The van der Waals surface area contributed by atoms with Gasteiger partial charge in [-0.25, -0.2) is 4.79 Å². The van der Waals surface area contributed by atoms with E-state index in [4.69, 9.17) is 0 Å². The molecule has 1 aromatic carbocycles. The van der Waals surface area contributed by atoms with Gasteiger partial charge in [-0.2, -0.15) is 11.3 Å². The summed E-state index contributed by atoms with van der Waals surface area (Å²) in [4.78, 5) is 13.7. The summed E-state index contributed by atoms with van der Waals surface area (Å²) < 4.78 is 0. The average molecular weight is 371 g/mol. The van der Waals surface area contributed by atoms with E-state index in [2.05, 4.69) is 55.0 Å². The van der Waals surface area contributed by atoms with Crippen LogP contribution >= 0.6 is 11.3 Å². The van der Waals surface area contributed by atoms with Crippen LogP contribution in [0.25, 0.3) is 0 Å². The van der Waals surface area contributed by atoms with Crippen LogP contribution in [-0.2, 0) is 0 Å². The van der Waals surface area contributed by atoms with Gasteiger partial charge < -0.3 is 15.3 Å². The van der Waals surface area contributed by atoms with Crippen molar-refractivity contribution in [3.8, 4) is 0 Å². The molecule has 0 saturated carbocycles. The topological polar surface area (TPSA) is 52.6 Å². The van der Waals surface area contributed by atoms with E-state index in [1.54, 1.807) is 16.2 Å². The van der Waals surface area contributed by atoms with Crippen molar-refractivity contribution in [2.75, 3.05) is 11.9 Å². The quantitative estimate of drug-likeness (QED) is 0.706. The number of thiophene rings is 1. The number of likely N-dealkylation sites (tertiary alicyclic amines) is 1. The number of hydrogen-bond acceptors (Lipinski definition) is 3. The van der Waals surface area contributed by atoms with Crippen LogP contribution < -0.4 is 5.32 Å². The molecule has 0 bridgehead atoms. The molecule has 0 aliphatic carbocycles. The van der Waals surface area contributed by atoms with E-state index in [9.17, 15) is 9.90 Å². The number of amides is 1. The molecule has 138 valence electrons. The fourth-order valence-electron chi connectivity index (χ4n) is 5.19. The molecule has 1 amide bonds. The van der Waals surface area contributed by atoms with Gasteiger partial charge in [-0.3, -0.25) is 0 Å². The maximum absolute atomic E-state index is 12.1. The minimum atomic E-state index is -0.813. The molecule has 1 aromatic heterocycles. The third-order valence-electron chi connectivity index (χ3n) is 5.79. The molecule has 26 heavy (non-hydrogen) atoms. The molecule has 2 aliphatic heterocycles. The van der Waals surface area contributed by atoms with E-state index in [0.29, 0.717) is 6.54 Å². The van der Waals surface area contributed by atoms with Crippen molar-refractivity contribution in [1.29, 1.82) is 0 Å². The van der Waals surface area contributed by atoms with Gasteiger partial charge in [0, 0.05) is 17.6 Å². The van der Waals surface area contributed by atoms with Crippen molar-refractivity contribution >= 4 is 23.1 Å². The molecule has 1 fully saturated rings. The van der Waals surface area contributed by atoms with Gasteiger partial charge >= 0.3 is 6.09 Å². The van der Waals surface area contributed by atoms with Gasteiger partial charge in [0.2, 0.25) is 0 Å². The number of rotatable bonds is 2. The van der Waals surface area contributed by atoms with Crippen LogP contribution in [0.5, 0.6) is 0 Å². The highest BCUT2D eigenvalue weighted by Gasteiger charge is 2.58. The van der Waals surface area contributed by atoms with Crippen LogP contribution in [-0.4, -0.2) is 22.6 Å². The number of para-hydroxylation sites is 1. The summed E-state index contributed by atoms with van der Waals surface area (Å²) in [5.41, 5.74) is 3.40. The Hall–Kier alpha value is -2.01. The van der Waals surface area contributed by atoms with Gasteiger partial charge in [0.1, 0.15) is 0 Å². The maximum atomic E-state index is 12.1. The van der Waals surface area contributed by atoms with Crippen molar-refractivity contribution in [2.45, 2.75) is 45.7 Å². The Kier molecular flexibility index (Phi) is 4.03. The zero-order chi connectivity index (χ0) is 18.5. The molecule has 0 radical (unpaired) electrons. The van der Waals surface area contributed by atoms with E-state index in [0.717, 1.165) is 24.1 Å². The highest BCUT2D eigenvalue weighted by atomic mass is 32.1. The lowest BCUT2D eigenvalue weighted by atomic mass is 9.60. The smallest absolute Gasteiger partial charge is 0.407 e. The Morgan fingerprint density at radius 3 is 2.77 bits per heavy atom. The number of carboxylic acid groups (broad SMARTS) is 1. The molecule has 3 heterocycles. The number of hydrogen-bond donors (Lipinski definition) is 2. The SMILES string of the molecule is CC(C)(C)C[C@]12CCN(C(=O)O)[C@H]1c1ccccc1N[C@H]2c1ccsc1. The van der Waals surface area contributed by atoms with E-state index in [1.165, 1.54) is 5.56 Å². The van der Waals surface area contributed by atoms with Crippen LogP contribution in [0.3, 0.4) is 0 Å². The molecule has 1 saturated heterocycles. The second kappa shape index (κ2) is 6.02. The highest BCUT2D eigenvalue weighted by Crippen LogP contribution is 2.63. The normalized spacial score (nSPS) is 27.6. The molecule has 4 rings (SSSR count). The summed E-state index contributed by atoms with van der Waals surface area (Å²) in [6.45, 7) is 7.36. The lowest BCUT2D eigenvalue weighted by Gasteiger charge is -2.50. The molecule has 0 spiro atoms. The van der Waals surface area contributed by atoms with Crippen molar-refractivity contribution in [3.05, 3.63) is 52.2 Å². The molecular weight excluding hydrogens is 344 g/mol. The van der Waals surface area contributed by atoms with Gasteiger partial charge in [-0.15, -0.1) is 0 Å². The van der Waals surface area contributed by atoms with Crippen molar-refractivity contribution in [3.63, 3.8) is 0 Å².